The van der Waals surface area contributed by atoms with Gasteiger partial charge in [-0.1, -0.05) is 29.8 Å². The molecule has 0 atom stereocenters. The lowest BCUT2D eigenvalue weighted by atomic mass is 10.2. The second-order valence-corrected chi connectivity index (χ2v) is 5.36. The van der Waals surface area contributed by atoms with Crippen molar-refractivity contribution in [1.82, 2.24) is 0 Å². The molecule has 0 unspecified atom stereocenters. The first-order valence-corrected chi connectivity index (χ1v) is 7.67. The van der Waals surface area contributed by atoms with Gasteiger partial charge in [-0.15, -0.1) is 11.8 Å². The summed E-state index contributed by atoms with van der Waals surface area (Å²) >= 11 is 7.68. The summed E-state index contributed by atoms with van der Waals surface area (Å²) in [7, 11) is 0. The summed E-state index contributed by atoms with van der Waals surface area (Å²) in [6, 6.07) is 15.1. The van der Waals surface area contributed by atoms with Gasteiger partial charge in [-0.2, -0.15) is 0 Å². The van der Waals surface area contributed by atoms with Gasteiger partial charge in [0, 0.05) is 21.7 Å². The van der Waals surface area contributed by atoms with Gasteiger partial charge in [-0.05, 0) is 48.2 Å². The van der Waals surface area contributed by atoms with Crippen molar-refractivity contribution in [2.45, 2.75) is 4.90 Å². The Labute approximate surface area is 127 Å². The third-order valence-electron chi connectivity index (χ3n) is 2.68. The number of halogens is 1. The zero-order valence-electron chi connectivity index (χ0n) is 11.0. The highest BCUT2D eigenvalue weighted by molar-refractivity contribution is 7.98. The lowest BCUT2D eigenvalue weighted by Gasteiger charge is -2.03. The Bertz CT molecular complexity index is 623. The first kappa shape index (κ1) is 14.7. The molecule has 102 valence electrons. The van der Waals surface area contributed by atoms with Gasteiger partial charge in [-0.3, -0.25) is 4.79 Å². The fourth-order valence-corrected chi connectivity index (χ4v) is 2.24. The van der Waals surface area contributed by atoms with Gasteiger partial charge < -0.3 is 5.32 Å². The number of carbonyl (C=O) groups is 1. The number of rotatable bonds is 4. The Morgan fingerprint density at radius 3 is 2.50 bits per heavy atom. The molecular formula is C16H14ClNOS. The van der Waals surface area contributed by atoms with E-state index in [1.165, 1.54) is 6.08 Å². The van der Waals surface area contributed by atoms with Crippen molar-refractivity contribution in [2.24, 2.45) is 0 Å². The molecule has 0 saturated heterocycles. The molecule has 0 radical (unpaired) electrons. The monoisotopic (exact) mass is 303 g/mol. The van der Waals surface area contributed by atoms with Crippen LogP contribution in [0, 0.1) is 0 Å². The second kappa shape index (κ2) is 7.17. The SMILES string of the molecule is CSc1ccc(NC(=O)/C=C/c2ccccc2Cl)cc1. The van der Waals surface area contributed by atoms with Crippen LogP contribution in [0.1, 0.15) is 5.56 Å². The lowest BCUT2D eigenvalue weighted by molar-refractivity contribution is -0.111. The van der Waals surface area contributed by atoms with E-state index in [9.17, 15) is 4.79 Å². The minimum atomic E-state index is -0.179. The fraction of sp³-hybridized carbons (Fsp3) is 0.0625. The molecule has 0 spiro atoms. The summed E-state index contributed by atoms with van der Waals surface area (Å²) < 4.78 is 0. The zero-order chi connectivity index (χ0) is 14.4. The highest BCUT2D eigenvalue weighted by atomic mass is 35.5. The van der Waals surface area contributed by atoms with Crippen LogP contribution >= 0.6 is 23.4 Å². The molecule has 20 heavy (non-hydrogen) atoms. The number of hydrogen-bond donors (Lipinski definition) is 1. The van der Waals surface area contributed by atoms with Gasteiger partial charge in [0.2, 0.25) is 5.91 Å². The summed E-state index contributed by atoms with van der Waals surface area (Å²) in [6.07, 6.45) is 5.19. The molecule has 1 amide bonds. The molecule has 0 aliphatic heterocycles. The number of anilines is 1. The van der Waals surface area contributed by atoms with Gasteiger partial charge in [-0.25, -0.2) is 0 Å². The maximum Gasteiger partial charge on any atom is 0.248 e. The summed E-state index contributed by atoms with van der Waals surface area (Å²) in [5.41, 5.74) is 1.60. The van der Waals surface area contributed by atoms with Gasteiger partial charge in [0.15, 0.2) is 0 Å². The van der Waals surface area contributed by atoms with E-state index in [4.69, 9.17) is 11.6 Å². The molecule has 0 aliphatic carbocycles. The molecule has 2 aromatic rings. The normalized spacial score (nSPS) is 10.7. The molecule has 2 rings (SSSR count). The molecular weight excluding hydrogens is 290 g/mol. The van der Waals surface area contributed by atoms with E-state index in [-0.39, 0.29) is 5.91 Å². The lowest BCUT2D eigenvalue weighted by Crippen LogP contribution is -2.07. The molecule has 1 N–H and O–H groups in total. The summed E-state index contributed by atoms with van der Waals surface area (Å²) in [4.78, 5) is 13.0. The van der Waals surface area contributed by atoms with Crippen LogP contribution in [-0.2, 0) is 4.79 Å². The Hall–Kier alpha value is -1.71. The Kier molecular flexibility index (Phi) is 5.27. The molecule has 0 heterocycles. The maximum absolute atomic E-state index is 11.8. The fourth-order valence-electron chi connectivity index (χ4n) is 1.63. The molecule has 0 fully saturated rings. The summed E-state index contributed by atoms with van der Waals surface area (Å²) in [5, 5.41) is 3.43. The number of hydrogen-bond acceptors (Lipinski definition) is 2. The molecule has 0 bridgehead atoms. The van der Waals surface area contributed by atoms with Gasteiger partial charge in [0.25, 0.3) is 0 Å². The van der Waals surface area contributed by atoms with Gasteiger partial charge in [0.1, 0.15) is 0 Å². The maximum atomic E-state index is 11.8. The summed E-state index contributed by atoms with van der Waals surface area (Å²) in [5.74, 6) is -0.179. The number of carbonyl (C=O) groups excluding carboxylic acids is 1. The van der Waals surface area contributed by atoms with Crippen LogP contribution in [0.25, 0.3) is 6.08 Å². The van der Waals surface area contributed by atoms with Crippen LogP contribution in [-0.4, -0.2) is 12.2 Å². The van der Waals surface area contributed by atoms with Gasteiger partial charge >= 0.3 is 0 Å². The predicted octanol–water partition coefficient (Wildman–Crippen LogP) is 4.71. The Morgan fingerprint density at radius 2 is 1.85 bits per heavy atom. The molecule has 0 saturated carbocycles. The number of thioether (sulfide) groups is 1. The zero-order valence-corrected chi connectivity index (χ0v) is 12.5. The van der Waals surface area contributed by atoms with Crippen LogP contribution in [0.4, 0.5) is 5.69 Å². The van der Waals surface area contributed by atoms with E-state index >= 15 is 0 Å². The average molecular weight is 304 g/mol. The smallest absolute Gasteiger partial charge is 0.248 e. The third kappa shape index (κ3) is 4.15. The van der Waals surface area contributed by atoms with Crippen LogP contribution in [0.3, 0.4) is 0 Å². The van der Waals surface area contributed by atoms with Crippen LogP contribution in [0.2, 0.25) is 5.02 Å². The number of nitrogens with one attached hydrogen (secondary N) is 1. The molecule has 0 aromatic heterocycles. The molecule has 2 aromatic carbocycles. The first-order chi connectivity index (χ1) is 9.69. The topological polar surface area (TPSA) is 29.1 Å². The van der Waals surface area contributed by atoms with Crippen LogP contribution in [0.5, 0.6) is 0 Å². The molecule has 0 aliphatic rings. The van der Waals surface area contributed by atoms with Crippen molar-refractivity contribution in [3.8, 4) is 0 Å². The average Bonchev–Trinajstić information content (AvgIpc) is 2.47. The van der Waals surface area contributed by atoms with Crippen molar-refractivity contribution < 1.29 is 4.79 Å². The van der Waals surface area contributed by atoms with E-state index in [0.29, 0.717) is 5.02 Å². The minimum Gasteiger partial charge on any atom is -0.323 e. The van der Waals surface area contributed by atoms with E-state index in [1.807, 2.05) is 48.7 Å². The predicted molar refractivity (Wildman–Crippen MR) is 87.3 cm³/mol. The Balaban J connectivity index is 2.00. The van der Waals surface area contributed by atoms with Crippen molar-refractivity contribution in [1.29, 1.82) is 0 Å². The first-order valence-electron chi connectivity index (χ1n) is 6.06. The van der Waals surface area contributed by atoms with E-state index < -0.39 is 0 Å². The van der Waals surface area contributed by atoms with Crippen molar-refractivity contribution in [2.75, 3.05) is 11.6 Å². The molecule has 2 nitrogen and oxygen atoms in total. The van der Waals surface area contributed by atoms with E-state index in [2.05, 4.69) is 5.32 Å². The highest BCUT2D eigenvalue weighted by Crippen LogP contribution is 2.18. The highest BCUT2D eigenvalue weighted by Gasteiger charge is 1.99. The van der Waals surface area contributed by atoms with Crippen molar-refractivity contribution >= 4 is 41.0 Å². The minimum absolute atomic E-state index is 0.179. The quantitative estimate of drug-likeness (QED) is 0.654. The standard InChI is InChI=1S/C16H14ClNOS/c1-20-14-9-7-13(8-10-14)18-16(19)11-6-12-4-2-3-5-15(12)17/h2-11H,1H3,(H,18,19)/b11-6+. The Morgan fingerprint density at radius 1 is 1.15 bits per heavy atom. The van der Waals surface area contributed by atoms with Crippen LogP contribution < -0.4 is 5.32 Å². The largest absolute Gasteiger partial charge is 0.323 e. The summed E-state index contributed by atoms with van der Waals surface area (Å²) in [6.45, 7) is 0. The van der Waals surface area contributed by atoms with Crippen molar-refractivity contribution in [3.63, 3.8) is 0 Å². The van der Waals surface area contributed by atoms with Crippen molar-refractivity contribution in [3.05, 3.63) is 65.2 Å². The third-order valence-corrected chi connectivity index (χ3v) is 3.76. The van der Waals surface area contributed by atoms with E-state index in [1.54, 1.807) is 23.9 Å². The second-order valence-electron chi connectivity index (χ2n) is 4.07. The molecule has 4 heteroatoms. The van der Waals surface area contributed by atoms with Crippen LogP contribution in [0.15, 0.2) is 59.5 Å². The van der Waals surface area contributed by atoms with E-state index in [0.717, 1.165) is 16.1 Å². The van der Waals surface area contributed by atoms with Gasteiger partial charge in [0.05, 0.1) is 0 Å². The number of amides is 1. The number of benzene rings is 2.